The van der Waals surface area contributed by atoms with E-state index in [0.717, 1.165) is 22.2 Å². The number of aryl methyl sites for hydroxylation is 1. The number of fused-ring (bicyclic) bond motifs is 1. The van der Waals surface area contributed by atoms with Gasteiger partial charge in [0.05, 0.1) is 22.5 Å². The van der Waals surface area contributed by atoms with Gasteiger partial charge >= 0.3 is 0 Å². The van der Waals surface area contributed by atoms with Crippen molar-refractivity contribution in [2.75, 3.05) is 0 Å². The molecule has 0 atom stereocenters. The molecule has 1 aromatic heterocycles. The Morgan fingerprint density at radius 3 is 2.22 bits per heavy atom. The number of imidazole rings is 1. The van der Waals surface area contributed by atoms with E-state index in [-0.39, 0.29) is 16.9 Å². The Bertz CT molecular complexity index is 1330. The lowest BCUT2D eigenvalue weighted by atomic mass is 9.87. The van der Waals surface area contributed by atoms with Gasteiger partial charge in [-0.15, -0.1) is 0 Å². The Balaban J connectivity index is 1.60. The maximum atomic E-state index is 12.9. The van der Waals surface area contributed by atoms with E-state index in [2.05, 4.69) is 61.2 Å². The molecule has 0 aliphatic carbocycles. The zero-order valence-corrected chi connectivity index (χ0v) is 19.8. The van der Waals surface area contributed by atoms with E-state index in [9.17, 15) is 8.42 Å². The first-order valence-electron chi connectivity index (χ1n) is 10.7. The van der Waals surface area contributed by atoms with Crippen LogP contribution in [0.15, 0.2) is 77.7 Å². The minimum atomic E-state index is -3.66. The number of rotatable bonds is 6. The van der Waals surface area contributed by atoms with E-state index in [4.69, 9.17) is 4.98 Å². The van der Waals surface area contributed by atoms with Crippen molar-refractivity contribution in [3.8, 4) is 0 Å². The second kappa shape index (κ2) is 8.52. The van der Waals surface area contributed by atoms with Crippen molar-refractivity contribution in [3.05, 3.63) is 95.3 Å². The van der Waals surface area contributed by atoms with Gasteiger partial charge in [-0.25, -0.2) is 18.1 Å². The monoisotopic (exact) mass is 447 g/mol. The SMILES string of the molecule is Cc1ccc(Cn2c(CNS(=O)(=O)c3ccc(C(C)(C)C)cc3)nc3ccccc32)cc1. The summed E-state index contributed by atoms with van der Waals surface area (Å²) in [5, 5.41) is 0. The summed E-state index contributed by atoms with van der Waals surface area (Å²) in [6.45, 7) is 9.11. The number of aromatic nitrogens is 2. The summed E-state index contributed by atoms with van der Waals surface area (Å²) in [6.07, 6.45) is 0. The summed E-state index contributed by atoms with van der Waals surface area (Å²) < 4.78 is 30.7. The van der Waals surface area contributed by atoms with Gasteiger partial charge in [-0.05, 0) is 47.7 Å². The molecular formula is C26H29N3O2S. The highest BCUT2D eigenvalue weighted by molar-refractivity contribution is 7.89. The molecule has 6 heteroatoms. The summed E-state index contributed by atoms with van der Waals surface area (Å²) in [5.74, 6) is 0.682. The molecule has 1 heterocycles. The third kappa shape index (κ3) is 4.76. The molecule has 0 radical (unpaired) electrons. The number of para-hydroxylation sites is 2. The van der Waals surface area contributed by atoms with E-state index in [0.29, 0.717) is 12.4 Å². The third-order valence-corrected chi connectivity index (χ3v) is 7.06. The van der Waals surface area contributed by atoms with Crippen LogP contribution in [-0.4, -0.2) is 18.0 Å². The minimum Gasteiger partial charge on any atom is -0.322 e. The van der Waals surface area contributed by atoms with Crippen molar-refractivity contribution in [2.24, 2.45) is 0 Å². The molecule has 4 rings (SSSR count). The lowest BCUT2D eigenvalue weighted by molar-refractivity contribution is 0.574. The van der Waals surface area contributed by atoms with Crippen molar-refractivity contribution in [1.29, 1.82) is 0 Å². The largest absolute Gasteiger partial charge is 0.322 e. The van der Waals surface area contributed by atoms with E-state index < -0.39 is 10.0 Å². The highest BCUT2D eigenvalue weighted by Crippen LogP contribution is 2.24. The number of nitrogens with zero attached hydrogens (tertiary/aromatic N) is 2. The molecule has 4 aromatic rings. The second-order valence-corrected chi connectivity index (χ2v) is 11.0. The molecule has 0 fully saturated rings. The predicted molar refractivity (Wildman–Crippen MR) is 129 cm³/mol. The minimum absolute atomic E-state index is 0.0312. The molecule has 0 amide bonds. The first-order valence-corrected chi connectivity index (χ1v) is 12.2. The van der Waals surface area contributed by atoms with Crippen LogP contribution >= 0.6 is 0 Å². The van der Waals surface area contributed by atoms with Crippen LogP contribution in [0.4, 0.5) is 0 Å². The molecular weight excluding hydrogens is 418 g/mol. The lowest BCUT2D eigenvalue weighted by Crippen LogP contribution is -2.25. The molecule has 0 bridgehead atoms. The highest BCUT2D eigenvalue weighted by atomic mass is 32.2. The fraction of sp³-hybridized carbons (Fsp3) is 0.269. The zero-order valence-electron chi connectivity index (χ0n) is 19.0. The van der Waals surface area contributed by atoms with Gasteiger partial charge in [0.25, 0.3) is 0 Å². The number of nitrogens with one attached hydrogen (secondary N) is 1. The normalized spacial score (nSPS) is 12.4. The van der Waals surface area contributed by atoms with Crippen molar-refractivity contribution in [3.63, 3.8) is 0 Å². The standard InChI is InChI=1S/C26H29N3O2S/c1-19-9-11-20(12-10-19)18-29-24-8-6-5-7-23(24)28-25(29)17-27-32(30,31)22-15-13-21(14-16-22)26(2,3)4/h5-16,27H,17-18H2,1-4H3. The van der Waals surface area contributed by atoms with Crippen LogP contribution in [0.25, 0.3) is 11.0 Å². The molecule has 0 aliphatic rings. The highest BCUT2D eigenvalue weighted by Gasteiger charge is 2.19. The van der Waals surface area contributed by atoms with Crippen LogP contribution in [0.3, 0.4) is 0 Å². The summed E-state index contributed by atoms with van der Waals surface area (Å²) >= 11 is 0. The number of hydrogen-bond donors (Lipinski definition) is 1. The molecule has 0 spiro atoms. The average molecular weight is 448 g/mol. The van der Waals surface area contributed by atoms with Crippen molar-refractivity contribution in [1.82, 2.24) is 14.3 Å². The topological polar surface area (TPSA) is 64.0 Å². The maximum Gasteiger partial charge on any atom is 0.240 e. The number of benzene rings is 3. The Kier molecular flexibility index (Phi) is 5.93. The maximum absolute atomic E-state index is 12.9. The van der Waals surface area contributed by atoms with Gasteiger partial charge in [-0.3, -0.25) is 0 Å². The van der Waals surface area contributed by atoms with Gasteiger partial charge in [-0.1, -0.05) is 74.9 Å². The fourth-order valence-electron chi connectivity index (χ4n) is 3.69. The molecule has 166 valence electrons. The van der Waals surface area contributed by atoms with Crippen LogP contribution in [0.1, 0.15) is 43.3 Å². The molecule has 1 N–H and O–H groups in total. The Labute approximate surface area is 190 Å². The van der Waals surface area contributed by atoms with E-state index in [1.165, 1.54) is 5.56 Å². The summed E-state index contributed by atoms with van der Waals surface area (Å²) in [6, 6.07) is 23.3. The molecule has 0 unspecified atom stereocenters. The average Bonchev–Trinajstić information content (AvgIpc) is 3.11. The number of sulfonamides is 1. The van der Waals surface area contributed by atoms with Crippen molar-refractivity contribution >= 4 is 21.1 Å². The van der Waals surface area contributed by atoms with Gasteiger partial charge in [0.15, 0.2) is 0 Å². The van der Waals surface area contributed by atoms with Crippen LogP contribution in [0.2, 0.25) is 0 Å². The molecule has 0 saturated heterocycles. The van der Waals surface area contributed by atoms with Crippen LogP contribution in [-0.2, 0) is 28.5 Å². The Morgan fingerprint density at radius 1 is 0.906 bits per heavy atom. The van der Waals surface area contributed by atoms with Gasteiger partial charge in [0.2, 0.25) is 10.0 Å². The first kappa shape index (κ1) is 22.2. The van der Waals surface area contributed by atoms with Crippen molar-refractivity contribution < 1.29 is 8.42 Å². The van der Waals surface area contributed by atoms with E-state index >= 15 is 0 Å². The summed E-state index contributed by atoms with van der Waals surface area (Å²) in [4.78, 5) is 4.96. The van der Waals surface area contributed by atoms with Crippen LogP contribution in [0, 0.1) is 6.92 Å². The molecule has 3 aromatic carbocycles. The van der Waals surface area contributed by atoms with Crippen LogP contribution in [0.5, 0.6) is 0 Å². The van der Waals surface area contributed by atoms with E-state index in [1.807, 2.05) is 36.4 Å². The zero-order chi connectivity index (χ0) is 22.9. The predicted octanol–water partition coefficient (Wildman–Crippen LogP) is 5.17. The smallest absolute Gasteiger partial charge is 0.240 e. The van der Waals surface area contributed by atoms with E-state index in [1.54, 1.807) is 12.1 Å². The van der Waals surface area contributed by atoms with Gasteiger partial charge in [0.1, 0.15) is 5.82 Å². The number of hydrogen-bond acceptors (Lipinski definition) is 3. The fourth-order valence-corrected chi connectivity index (χ4v) is 4.67. The lowest BCUT2D eigenvalue weighted by Gasteiger charge is -2.19. The van der Waals surface area contributed by atoms with Crippen LogP contribution < -0.4 is 4.72 Å². The second-order valence-electron chi connectivity index (χ2n) is 9.19. The van der Waals surface area contributed by atoms with Crippen molar-refractivity contribution in [2.45, 2.75) is 51.1 Å². The third-order valence-electron chi connectivity index (χ3n) is 5.65. The quantitative estimate of drug-likeness (QED) is 0.444. The Hall–Kier alpha value is -2.96. The van der Waals surface area contributed by atoms with Gasteiger partial charge in [-0.2, -0.15) is 0 Å². The van der Waals surface area contributed by atoms with Gasteiger partial charge in [0, 0.05) is 6.54 Å². The molecule has 0 aliphatic heterocycles. The summed E-state index contributed by atoms with van der Waals surface area (Å²) in [7, 11) is -3.66. The molecule has 5 nitrogen and oxygen atoms in total. The van der Waals surface area contributed by atoms with Gasteiger partial charge < -0.3 is 4.57 Å². The Morgan fingerprint density at radius 2 is 1.56 bits per heavy atom. The summed E-state index contributed by atoms with van der Waals surface area (Å²) in [5.41, 5.74) is 5.24. The molecule has 32 heavy (non-hydrogen) atoms. The first-order chi connectivity index (χ1) is 15.1. The molecule has 0 saturated carbocycles.